The van der Waals surface area contributed by atoms with Gasteiger partial charge in [-0.2, -0.15) is 0 Å². The molecular weight excluding hydrogens is 368 g/mol. The number of hydrogen-bond acceptors (Lipinski definition) is 5. The smallest absolute Gasteiger partial charge is 0.238 e. The highest BCUT2D eigenvalue weighted by Gasteiger charge is 2.18. The number of benzene rings is 2. The molecule has 0 saturated heterocycles. The molecule has 144 valence electrons. The molecule has 0 fully saturated rings. The number of halogens is 1. The van der Waals surface area contributed by atoms with E-state index in [1.165, 1.54) is 0 Å². The number of rotatable bonds is 7. The summed E-state index contributed by atoms with van der Waals surface area (Å²) in [4.78, 5) is 14.4. The van der Waals surface area contributed by atoms with E-state index in [4.69, 9.17) is 25.8 Å². The summed E-state index contributed by atoms with van der Waals surface area (Å²) in [6.07, 6.45) is 0. The topological polar surface area (TPSA) is 60.0 Å². The number of amides is 1. The van der Waals surface area contributed by atoms with Crippen LogP contribution in [0.4, 0.5) is 5.69 Å². The predicted molar refractivity (Wildman–Crippen MR) is 105 cm³/mol. The van der Waals surface area contributed by atoms with Crippen molar-refractivity contribution < 1.29 is 19.0 Å². The first-order valence-electron chi connectivity index (χ1n) is 8.83. The minimum atomic E-state index is -0.0781. The summed E-state index contributed by atoms with van der Waals surface area (Å²) in [7, 11) is 1.61. The molecule has 0 aliphatic carbocycles. The van der Waals surface area contributed by atoms with Gasteiger partial charge in [0.2, 0.25) is 5.91 Å². The predicted octanol–water partition coefficient (Wildman–Crippen LogP) is 3.58. The molecule has 1 N–H and O–H groups in total. The van der Waals surface area contributed by atoms with Crippen molar-refractivity contribution in [3.05, 3.63) is 47.0 Å². The van der Waals surface area contributed by atoms with Crippen molar-refractivity contribution in [3.8, 4) is 17.2 Å². The van der Waals surface area contributed by atoms with Gasteiger partial charge in [-0.3, -0.25) is 9.69 Å². The lowest BCUT2D eigenvalue weighted by atomic mass is 10.1. The second kappa shape index (κ2) is 8.97. The molecule has 0 aromatic heterocycles. The van der Waals surface area contributed by atoms with E-state index in [1.54, 1.807) is 7.11 Å². The van der Waals surface area contributed by atoms with Crippen LogP contribution < -0.4 is 19.5 Å². The van der Waals surface area contributed by atoms with E-state index in [2.05, 4.69) is 5.32 Å². The Bertz CT molecular complexity index is 795. The molecular formula is C20H23ClN2O4. The molecule has 0 atom stereocenters. The van der Waals surface area contributed by atoms with Crippen molar-refractivity contribution in [2.45, 2.75) is 13.5 Å². The summed E-state index contributed by atoms with van der Waals surface area (Å²) >= 11 is 6.30. The zero-order chi connectivity index (χ0) is 19.2. The standard InChI is InChI=1S/C20H23ClN2O4/c1-3-23(13-19(24)22-15-4-6-16(25-2)7-5-15)12-14-10-17(21)20-18(11-14)26-8-9-27-20/h4-7,10-11H,3,8-9,12-13H2,1-2H3,(H,22,24). The lowest BCUT2D eigenvalue weighted by Crippen LogP contribution is -2.32. The number of fused-ring (bicyclic) bond motifs is 1. The van der Waals surface area contributed by atoms with Crippen LogP contribution in [0.3, 0.4) is 0 Å². The molecule has 6 nitrogen and oxygen atoms in total. The molecule has 2 aromatic carbocycles. The van der Waals surface area contributed by atoms with E-state index < -0.39 is 0 Å². The van der Waals surface area contributed by atoms with E-state index in [1.807, 2.05) is 48.2 Å². The lowest BCUT2D eigenvalue weighted by molar-refractivity contribution is -0.117. The monoisotopic (exact) mass is 390 g/mol. The summed E-state index contributed by atoms with van der Waals surface area (Å²) in [5, 5.41) is 3.43. The number of carbonyl (C=O) groups excluding carboxylic acids is 1. The Kier molecular flexibility index (Phi) is 6.42. The van der Waals surface area contributed by atoms with Crippen LogP contribution in [-0.4, -0.2) is 44.2 Å². The van der Waals surface area contributed by atoms with Crippen molar-refractivity contribution in [1.82, 2.24) is 4.90 Å². The molecule has 1 aliphatic heterocycles. The largest absolute Gasteiger partial charge is 0.497 e. The molecule has 27 heavy (non-hydrogen) atoms. The molecule has 2 aromatic rings. The highest BCUT2D eigenvalue weighted by atomic mass is 35.5. The number of likely N-dealkylation sites (N-methyl/N-ethyl adjacent to an activating group) is 1. The number of ether oxygens (including phenoxy) is 3. The van der Waals surface area contributed by atoms with Crippen molar-refractivity contribution in [3.63, 3.8) is 0 Å². The van der Waals surface area contributed by atoms with Gasteiger partial charge in [-0.05, 0) is 48.5 Å². The van der Waals surface area contributed by atoms with E-state index >= 15 is 0 Å². The van der Waals surface area contributed by atoms with Gasteiger partial charge in [0.05, 0.1) is 18.7 Å². The van der Waals surface area contributed by atoms with Crippen LogP contribution in [0.5, 0.6) is 17.2 Å². The first kappa shape index (κ1) is 19.3. The Morgan fingerprint density at radius 3 is 2.67 bits per heavy atom. The summed E-state index contributed by atoms with van der Waals surface area (Å²) in [6, 6.07) is 11.0. The van der Waals surface area contributed by atoms with Crippen molar-refractivity contribution >= 4 is 23.2 Å². The van der Waals surface area contributed by atoms with Crippen LogP contribution in [-0.2, 0) is 11.3 Å². The Morgan fingerprint density at radius 2 is 1.96 bits per heavy atom. The van der Waals surface area contributed by atoms with Gasteiger partial charge in [-0.15, -0.1) is 0 Å². The van der Waals surface area contributed by atoms with Gasteiger partial charge in [0.15, 0.2) is 11.5 Å². The highest BCUT2D eigenvalue weighted by molar-refractivity contribution is 6.32. The normalized spacial score (nSPS) is 12.7. The third-order valence-electron chi connectivity index (χ3n) is 4.25. The van der Waals surface area contributed by atoms with Gasteiger partial charge in [0.25, 0.3) is 0 Å². The van der Waals surface area contributed by atoms with E-state index in [0.29, 0.717) is 36.3 Å². The number of hydrogen-bond donors (Lipinski definition) is 1. The fourth-order valence-electron chi connectivity index (χ4n) is 2.87. The summed E-state index contributed by atoms with van der Waals surface area (Å²) < 4.78 is 16.3. The number of methoxy groups -OCH3 is 1. The van der Waals surface area contributed by atoms with Gasteiger partial charge in [-0.25, -0.2) is 0 Å². The fourth-order valence-corrected chi connectivity index (χ4v) is 3.16. The van der Waals surface area contributed by atoms with Crippen LogP contribution >= 0.6 is 11.6 Å². The van der Waals surface area contributed by atoms with Gasteiger partial charge in [0.1, 0.15) is 19.0 Å². The Morgan fingerprint density at radius 1 is 1.22 bits per heavy atom. The highest BCUT2D eigenvalue weighted by Crippen LogP contribution is 2.38. The maximum atomic E-state index is 12.4. The van der Waals surface area contributed by atoms with Crippen LogP contribution in [0.2, 0.25) is 5.02 Å². The van der Waals surface area contributed by atoms with E-state index in [-0.39, 0.29) is 12.5 Å². The number of nitrogens with one attached hydrogen (secondary N) is 1. The van der Waals surface area contributed by atoms with Crippen molar-refractivity contribution in [2.24, 2.45) is 0 Å². The first-order chi connectivity index (χ1) is 13.1. The number of anilines is 1. The maximum Gasteiger partial charge on any atom is 0.238 e. The summed E-state index contributed by atoms with van der Waals surface area (Å²) in [5.41, 5.74) is 1.71. The van der Waals surface area contributed by atoms with Gasteiger partial charge in [0, 0.05) is 12.2 Å². The average molecular weight is 391 g/mol. The third-order valence-corrected chi connectivity index (χ3v) is 4.53. The van der Waals surface area contributed by atoms with Crippen molar-refractivity contribution in [1.29, 1.82) is 0 Å². The molecule has 3 rings (SSSR count). The Balaban J connectivity index is 1.61. The third kappa shape index (κ3) is 5.05. The van der Waals surface area contributed by atoms with Gasteiger partial charge < -0.3 is 19.5 Å². The zero-order valence-electron chi connectivity index (χ0n) is 15.5. The molecule has 1 amide bonds. The van der Waals surface area contributed by atoms with Crippen LogP contribution in [0.25, 0.3) is 0 Å². The summed E-state index contributed by atoms with van der Waals surface area (Å²) in [6.45, 7) is 4.60. The molecule has 0 unspecified atom stereocenters. The Labute approximate surface area is 164 Å². The second-order valence-corrected chi connectivity index (χ2v) is 6.59. The van der Waals surface area contributed by atoms with Gasteiger partial charge >= 0.3 is 0 Å². The molecule has 0 saturated carbocycles. The quantitative estimate of drug-likeness (QED) is 0.783. The molecule has 0 spiro atoms. The minimum absolute atomic E-state index is 0.0781. The minimum Gasteiger partial charge on any atom is -0.497 e. The van der Waals surface area contributed by atoms with Crippen LogP contribution in [0.1, 0.15) is 12.5 Å². The average Bonchev–Trinajstić information content (AvgIpc) is 2.68. The molecule has 7 heteroatoms. The number of carbonyl (C=O) groups is 1. The summed E-state index contributed by atoms with van der Waals surface area (Å²) in [5.74, 6) is 1.92. The second-order valence-electron chi connectivity index (χ2n) is 6.18. The van der Waals surface area contributed by atoms with E-state index in [9.17, 15) is 4.79 Å². The molecule has 1 heterocycles. The molecule has 1 aliphatic rings. The van der Waals surface area contributed by atoms with E-state index in [0.717, 1.165) is 23.5 Å². The van der Waals surface area contributed by atoms with Crippen molar-refractivity contribution in [2.75, 3.05) is 38.7 Å². The lowest BCUT2D eigenvalue weighted by Gasteiger charge is -2.23. The van der Waals surface area contributed by atoms with Gasteiger partial charge in [-0.1, -0.05) is 18.5 Å². The fraction of sp³-hybridized carbons (Fsp3) is 0.350. The molecule has 0 radical (unpaired) electrons. The SMILES string of the molecule is CCN(CC(=O)Nc1ccc(OC)cc1)Cc1cc(Cl)c2c(c1)OCCO2. The first-order valence-corrected chi connectivity index (χ1v) is 9.21. The Hall–Kier alpha value is -2.44. The molecule has 0 bridgehead atoms. The number of nitrogens with zero attached hydrogens (tertiary/aromatic N) is 1. The maximum absolute atomic E-state index is 12.4. The zero-order valence-corrected chi connectivity index (χ0v) is 16.2. The van der Waals surface area contributed by atoms with Crippen LogP contribution in [0.15, 0.2) is 36.4 Å². The van der Waals surface area contributed by atoms with Crippen LogP contribution in [0, 0.1) is 0 Å².